The molecule has 1 aromatic heterocycles. The predicted octanol–water partition coefficient (Wildman–Crippen LogP) is -0.112. The van der Waals surface area contributed by atoms with Gasteiger partial charge in [0.25, 0.3) is 10.0 Å². The minimum absolute atomic E-state index is 0.246. The number of aromatic nitrogens is 2. The van der Waals surface area contributed by atoms with Crippen molar-refractivity contribution in [3.05, 3.63) is 12.0 Å². The summed E-state index contributed by atoms with van der Waals surface area (Å²) in [6.45, 7) is 6.12. The number of hydrogen-bond donors (Lipinski definition) is 1. The van der Waals surface area contributed by atoms with Gasteiger partial charge in [-0.2, -0.15) is 4.31 Å². The molecule has 0 bridgehead atoms. The summed E-state index contributed by atoms with van der Waals surface area (Å²) in [7, 11) is -3.45. The van der Waals surface area contributed by atoms with E-state index in [-0.39, 0.29) is 5.03 Å². The monoisotopic (exact) mass is 339 g/mol. The van der Waals surface area contributed by atoms with Crippen LogP contribution in [0.1, 0.15) is 25.1 Å². The lowest BCUT2D eigenvalue weighted by Gasteiger charge is -2.32. The maximum absolute atomic E-state index is 12.9. The highest BCUT2D eigenvalue weighted by Crippen LogP contribution is 2.25. The molecule has 1 aromatic rings. The van der Waals surface area contributed by atoms with Crippen molar-refractivity contribution in [1.82, 2.24) is 24.1 Å². The zero-order chi connectivity index (χ0) is 15.9. The number of rotatable bonds is 3. The SMILES string of the molecule is O=S(=O)(c1cn2c(n1)CCCC2)N1CCC(N2CCNCC2)C1. The van der Waals surface area contributed by atoms with Crippen molar-refractivity contribution in [2.75, 3.05) is 39.3 Å². The third-order valence-corrected chi connectivity index (χ3v) is 7.02. The van der Waals surface area contributed by atoms with Crippen LogP contribution in [-0.4, -0.2) is 72.5 Å². The van der Waals surface area contributed by atoms with E-state index in [1.54, 1.807) is 10.5 Å². The lowest BCUT2D eigenvalue weighted by molar-refractivity contribution is 0.179. The summed E-state index contributed by atoms with van der Waals surface area (Å²) >= 11 is 0. The Morgan fingerprint density at radius 1 is 1.13 bits per heavy atom. The number of nitrogens with one attached hydrogen (secondary N) is 1. The molecule has 0 saturated carbocycles. The number of sulfonamides is 1. The molecule has 0 radical (unpaired) electrons. The maximum Gasteiger partial charge on any atom is 0.262 e. The van der Waals surface area contributed by atoms with Gasteiger partial charge in [-0.15, -0.1) is 0 Å². The van der Waals surface area contributed by atoms with Crippen molar-refractivity contribution >= 4 is 10.0 Å². The molecule has 4 heterocycles. The Bertz CT molecular complexity index is 642. The quantitative estimate of drug-likeness (QED) is 0.832. The van der Waals surface area contributed by atoms with E-state index >= 15 is 0 Å². The molecule has 2 saturated heterocycles. The summed E-state index contributed by atoms with van der Waals surface area (Å²) in [6.07, 6.45) is 5.76. The lowest BCUT2D eigenvalue weighted by Crippen LogP contribution is -2.49. The average molecular weight is 339 g/mol. The molecular formula is C15H25N5O2S. The van der Waals surface area contributed by atoms with Crippen LogP contribution in [0.4, 0.5) is 0 Å². The fourth-order valence-corrected chi connectivity index (χ4v) is 5.38. The molecule has 4 rings (SSSR count). The number of hydrogen-bond acceptors (Lipinski definition) is 5. The molecule has 1 atom stereocenters. The van der Waals surface area contributed by atoms with E-state index < -0.39 is 10.0 Å². The molecule has 8 heteroatoms. The third-order valence-electron chi connectivity index (χ3n) is 5.28. The van der Waals surface area contributed by atoms with Crippen LogP contribution in [0.2, 0.25) is 0 Å². The molecule has 128 valence electrons. The van der Waals surface area contributed by atoms with E-state index in [0.717, 1.165) is 64.2 Å². The van der Waals surface area contributed by atoms with Crippen molar-refractivity contribution in [2.45, 2.75) is 43.3 Å². The van der Waals surface area contributed by atoms with E-state index in [1.807, 2.05) is 4.57 Å². The standard InChI is InChI=1S/C15H25N5O2S/c21-23(22,15-12-19-7-2-1-3-14(19)17-15)20-8-4-13(11-20)18-9-5-16-6-10-18/h12-13,16H,1-11H2. The fraction of sp³-hybridized carbons (Fsp3) is 0.800. The van der Waals surface area contributed by atoms with E-state index in [9.17, 15) is 8.42 Å². The van der Waals surface area contributed by atoms with E-state index in [4.69, 9.17) is 0 Å². The van der Waals surface area contributed by atoms with Gasteiger partial charge in [0.05, 0.1) is 0 Å². The minimum Gasteiger partial charge on any atom is -0.333 e. The average Bonchev–Trinajstić information content (AvgIpc) is 3.23. The summed E-state index contributed by atoms with van der Waals surface area (Å²) in [6, 6.07) is 0.351. The summed E-state index contributed by atoms with van der Waals surface area (Å²) in [5, 5.41) is 3.59. The summed E-state index contributed by atoms with van der Waals surface area (Å²) in [4.78, 5) is 6.84. The Hall–Kier alpha value is -0.960. The highest BCUT2D eigenvalue weighted by Gasteiger charge is 2.37. The molecule has 3 aliphatic heterocycles. The van der Waals surface area contributed by atoms with Gasteiger partial charge < -0.3 is 9.88 Å². The first-order valence-corrected chi connectivity index (χ1v) is 10.1. The Balaban J connectivity index is 1.49. The second-order valence-electron chi connectivity index (χ2n) is 6.74. The Kier molecular flexibility index (Phi) is 4.17. The maximum atomic E-state index is 12.9. The van der Waals surface area contributed by atoms with Crippen LogP contribution < -0.4 is 5.32 Å². The fourth-order valence-electron chi connectivity index (χ4n) is 3.92. The molecule has 2 fully saturated rings. The highest BCUT2D eigenvalue weighted by molar-refractivity contribution is 7.89. The van der Waals surface area contributed by atoms with Crippen LogP contribution in [0.25, 0.3) is 0 Å². The zero-order valence-electron chi connectivity index (χ0n) is 13.4. The van der Waals surface area contributed by atoms with Gasteiger partial charge in [0, 0.05) is 64.5 Å². The second kappa shape index (κ2) is 6.16. The van der Waals surface area contributed by atoms with Gasteiger partial charge in [0.2, 0.25) is 0 Å². The first-order chi connectivity index (χ1) is 11.1. The molecule has 1 unspecified atom stereocenters. The number of piperazine rings is 1. The summed E-state index contributed by atoms with van der Waals surface area (Å²) in [5.74, 6) is 0.924. The summed E-state index contributed by atoms with van der Waals surface area (Å²) in [5.41, 5.74) is 0. The number of aryl methyl sites for hydroxylation is 2. The lowest BCUT2D eigenvalue weighted by atomic mass is 10.2. The largest absolute Gasteiger partial charge is 0.333 e. The second-order valence-corrected chi connectivity index (χ2v) is 8.62. The molecule has 0 amide bonds. The van der Waals surface area contributed by atoms with Gasteiger partial charge in [0.1, 0.15) is 5.82 Å². The third kappa shape index (κ3) is 2.93. The first kappa shape index (κ1) is 15.6. The van der Waals surface area contributed by atoms with Crippen LogP contribution in [0.15, 0.2) is 11.2 Å². The van der Waals surface area contributed by atoms with Crippen molar-refractivity contribution in [3.8, 4) is 0 Å². The van der Waals surface area contributed by atoms with Crippen molar-refractivity contribution < 1.29 is 8.42 Å². The van der Waals surface area contributed by atoms with E-state index in [1.165, 1.54) is 0 Å². The molecule has 0 aromatic carbocycles. The molecule has 3 aliphatic rings. The normalized spacial score (nSPS) is 27.2. The highest BCUT2D eigenvalue weighted by atomic mass is 32.2. The van der Waals surface area contributed by atoms with Crippen molar-refractivity contribution in [1.29, 1.82) is 0 Å². The van der Waals surface area contributed by atoms with Crippen LogP contribution in [-0.2, 0) is 23.0 Å². The van der Waals surface area contributed by atoms with Gasteiger partial charge in [-0.1, -0.05) is 0 Å². The van der Waals surface area contributed by atoms with Crippen LogP contribution >= 0.6 is 0 Å². The Morgan fingerprint density at radius 2 is 1.96 bits per heavy atom. The number of nitrogens with zero attached hydrogens (tertiary/aromatic N) is 4. The van der Waals surface area contributed by atoms with Gasteiger partial charge >= 0.3 is 0 Å². The first-order valence-electron chi connectivity index (χ1n) is 8.65. The smallest absolute Gasteiger partial charge is 0.262 e. The molecular weight excluding hydrogens is 314 g/mol. The van der Waals surface area contributed by atoms with Gasteiger partial charge in [0.15, 0.2) is 5.03 Å². The van der Waals surface area contributed by atoms with E-state index in [2.05, 4.69) is 15.2 Å². The zero-order valence-corrected chi connectivity index (χ0v) is 14.3. The number of fused-ring (bicyclic) bond motifs is 1. The van der Waals surface area contributed by atoms with Gasteiger partial charge in [-0.05, 0) is 19.3 Å². The molecule has 23 heavy (non-hydrogen) atoms. The van der Waals surface area contributed by atoms with Crippen molar-refractivity contribution in [3.63, 3.8) is 0 Å². The molecule has 7 nitrogen and oxygen atoms in total. The minimum atomic E-state index is -3.45. The molecule has 0 aliphatic carbocycles. The molecule has 1 N–H and O–H groups in total. The van der Waals surface area contributed by atoms with Gasteiger partial charge in [-0.3, -0.25) is 4.90 Å². The Labute approximate surface area is 137 Å². The predicted molar refractivity (Wildman–Crippen MR) is 86.8 cm³/mol. The van der Waals surface area contributed by atoms with Crippen LogP contribution in [0.5, 0.6) is 0 Å². The van der Waals surface area contributed by atoms with Crippen LogP contribution in [0, 0.1) is 0 Å². The van der Waals surface area contributed by atoms with Crippen LogP contribution in [0.3, 0.4) is 0 Å². The molecule has 0 spiro atoms. The summed E-state index contributed by atoms with van der Waals surface area (Å²) < 4.78 is 29.4. The van der Waals surface area contributed by atoms with Crippen molar-refractivity contribution in [2.24, 2.45) is 0 Å². The van der Waals surface area contributed by atoms with E-state index in [0.29, 0.717) is 19.1 Å². The van der Waals surface area contributed by atoms with Gasteiger partial charge in [-0.25, -0.2) is 13.4 Å². The number of imidazole rings is 1. The Morgan fingerprint density at radius 3 is 2.74 bits per heavy atom. The topological polar surface area (TPSA) is 70.5 Å².